The van der Waals surface area contributed by atoms with Crippen molar-refractivity contribution in [1.82, 2.24) is 20.4 Å². The van der Waals surface area contributed by atoms with E-state index < -0.39 is 0 Å². The van der Waals surface area contributed by atoms with Gasteiger partial charge in [-0.05, 0) is 32.0 Å². The van der Waals surface area contributed by atoms with Gasteiger partial charge in [-0.25, -0.2) is 0 Å². The molecule has 2 rings (SSSR count). The summed E-state index contributed by atoms with van der Waals surface area (Å²) in [5.74, 6) is 0. The molecule has 2 N–H and O–H groups in total. The van der Waals surface area contributed by atoms with Crippen molar-refractivity contribution >= 4 is 0 Å². The van der Waals surface area contributed by atoms with E-state index in [1.165, 1.54) is 25.1 Å². The summed E-state index contributed by atoms with van der Waals surface area (Å²) in [6, 6.07) is 2.76. The Bertz CT molecular complexity index is 264. The van der Waals surface area contributed by atoms with Crippen molar-refractivity contribution in [2.75, 3.05) is 19.6 Å². The molecule has 1 aromatic heterocycles. The minimum atomic E-state index is 0.702. The van der Waals surface area contributed by atoms with E-state index in [4.69, 9.17) is 0 Å². The molecule has 0 aliphatic carbocycles. The van der Waals surface area contributed by atoms with E-state index in [1.54, 1.807) is 0 Å². The van der Waals surface area contributed by atoms with Gasteiger partial charge < -0.3 is 5.32 Å². The first-order chi connectivity index (χ1) is 7.40. The Kier molecular flexibility index (Phi) is 3.75. The zero-order chi connectivity index (χ0) is 10.5. The van der Waals surface area contributed by atoms with Crippen LogP contribution in [0.3, 0.4) is 0 Å². The highest BCUT2D eigenvalue weighted by atomic mass is 15.2. The quantitative estimate of drug-likeness (QED) is 0.758. The molecule has 1 fully saturated rings. The van der Waals surface area contributed by atoms with Crippen LogP contribution in [0.4, 0.5) is 0 Å². The third-order valence-electron chi connectivity index (χ3n) is 2.99. The van der Waals surface area contributed by atoms with Gasteiger partial charge >= 0.3 is 0 Å². The van der Waals surface area contributed by atoms with Gasteiger partial charge in [0.1, 0.15) is 0 Å². The van der Waals surface area contributed by atoms with Crippen molar-refractivity contribution in [1.29, 1.82) is 0 Å². The second kappa shape index (κ2) is 5.28. The monoisotopic (exact) mass is 208 g/mol. The maximum atomic E-state index is 3.99. The minimum Gasteiger partial charge on any atom is -0.315 e. The Morgan fingerprint density at radius 3 is 3.13 bits per heavy atom. The standard InChI is InChI=1S/C11H20N4/c1-2-7-15(11-4-5-12-8-11)9-10-3-6-13-14-10/h3,6,11-12H,2,4-5,7-9H2,1H3,(H,13,14). The normalized spacial score (nSPS) is 21.3. The lowest BCUT2D eigenvalue weighted by Gasteiger charge is -2.27. The number of nitrogens with one attached hydrogen (secondary N) is 2. The smallest absolute Gasteiger partial charge is 0.0492 e. The van der Waals surface area contributed by atoms with Crippen LogP contribution in [-0.2, 0) is 6.54 Å². The van der Waals surface area contributed by atoms with Crippen molar-refractivity contribution in [3.8, 4) is 0 Å². The number of nitrogens with zero attached hydrogens (tertiary/aromatic N) is 2. The van der Waals surface area contributed by atoms with Crippen LogP contribution in [-0.4, -0.2) is 40.8 Å². The fourth-order valence-electron chi connectivity index (χ4n) is 2.22. The van der Waals surface area contributed by atoms with Gasteiger partial charge in [-0.3, -0.25) is 10.00 Å². The van der Waals surface area contributed by atoms with Gasteiger partial charge in [0.2, 0.25) is 0 Å². The van der Waals surface area contributed by atoms with Crippen LogP contribution in [0.5, 0.6) is 0 Å². The Morgan fingerprint density at radius 1 is 1.60 bits per heavy atom. The zero-order valence-corrected chi connectivity index (χ0v) is 9.37. The average Bonchev–Trinajstić information content (AvgIpc) is 2.89. The van der Waals surface area contributed by atoms with Gasteiger partial charge in [0.05, 0.1) is 0 Å². The maximum absolute atomic E-state index is 3.99. The average molecular weight is 208 g/mol. The Morgan fingerprint density at radius 2 is 2.53 bits per heavy atom. The molecule has 1 aromatic rings. The van der Waals surface area contributed by atoms with Gasteiger partial charge in [0.15, 0.2) is 0 Å². The highest BCUT2D eigenvalue weighted by molar-refractivity contribution is 4.98. The van der Waals surface area contributed by atoms with E-state index >= 15 is 0 Å². The van der Waals surface area contributed by atoms with E-state index in [0.717, 1.165) is 19.6 Å². The minimum absolute atomic E-state index is 0.702. The first kappa shape index (κ1) is 10.6. The van der Waals surface area contributed by atoms with Gasteiger partial charge in [0.25, 0.3) is 0 Å². The SMILES string of the molecule is CCCN(Cc1ccn[nH]1)C1CCNC1. The van der Waals surface area contributed by atoms with Crippen LogP contribution in [0.2, 0.25) is 0 Å². The van der Waals surface area contributed by atoms with Gasteiger partial charge in [0, 0.05) is 31.0 Å². The molecule has 0 radical (unpaired) electrons. The highest BCUT2D eigenvalue weighted by Crippen LogP contribution is 2.12. The van der Waals surface area contributed by atoms with Crippen molar-refractivity contribution in [2.45, 2.75) is 32.4 Å². The van der Waals surface area contributed by atoms with E-state index in [9.17, 15) is 0 Å². The van der Waals surface area contributed by atoms with Crippen LogP contribution in [0.15, 0.2) is 12.3 Å². The summed E-state index contributed by atoms with van der Waals surface area (Å²) in [4.78, 5) is 2.55. The lowest BCUT2D eigenvalue weighted by Crippen LogP contribution is -2.37. The number of hydrogen-bond acceptors (Lipinski definition) is 3. The molecule has 1 aliphatic rings. The fourth-order valence-corrected chi connectivity index (χ4v) is 2.22. The first-order valence-electron chi connectivity index (χ1n) is 5.83. The Balaban J connectivity index is 1.93. The van der Waals surface area contributed by atoms with Gasteiger partial charge in [-0.1, -0.05) is 6.92 Å². The molecule has 0 amide bonds. The van der Waals surface area contributed by atoms with Gasteiger partial charge in [-0.2, -0.15) is 5.10 Å². The van der Waals surface area contributed by atoms with Crippen molar-refractivity contribution in [3.05, 3.63) is 18.0 Å². The topological polar surface area (TPSA) is 44.0 Å². The first-order valence-corrected chi connectivity index (χ1v) is 5.83. The van der Waals surface area contributed by atoms with E-state index in [-0.39, 0.29) is 0 Å². The molecule has 0 bridgehead atoms. The van der Waals surface area contributed by atoms with E-state index in [0.29, 0.717) is 6.04 Å². The number of H-pyrrole nitrogens is 1. The highest BCUT2D eigenvalue weighted by Gasteiger charge is 2.21. The third kappa shape index (κ3) is 2.79. The molecule has 4 nitrogen and oxygen atoms in total. The number of aromatic amines is 1. The molecule has 2 heterocycles. The number of aromatic nitrogens is 2. The van der Waals surface area contributed by atoms with E-state index in [2.05, 4.69) is 33.4 Å². The predicted molar refractivity (Wildman–Crippen MR) is 60.6 cm³/mol. The maximum Gasteiger partial charge on any atom is 0.0492 e. The molecule has 1 atom stereocenters. The molecular formula is C11H20N4. The number of hydrogen-bond donors (Lipinski definition) is 2. The zero-order valence-electron chi connectivity index (χ0n) is 9.37. The lowest BCUT2D eigenvalue weighted by molar-refractivity contribution is 0.197. The van der Waals surface area contributed by atoms with Crippen LogP contribution >= 0.6 is 0 Å². The second-order valence-corrected chi connectivity index (χ2v) is 4.20. The van der Waals surface area contributed by atoms with Crippen LogP contribution in [0, 0.1) is 0 Å². The summed E-state index contributed by atoms with van der Waals surface area (Å²) < 4.78 is 0. The van der Waals surface area contributed by atoms with Crippen LogP contribution < -0.4 is 5.32 Å². The summed E-state index contributed by atoms with van der Waals surface area (Å²) >= 11 is 0. The molecular weight excluding hydrogens is 188 g/mol. The summed E-state index contributed by atoms with van der Waals surface area (Å²) in [7, 11) is 0. The predicted octanol–water partition coefficient (Wildman–Crippen LogP) is 0.984. The van der Waals surface area contributed by atoms with Crippen molar-refractivity contribution in [3.63, 3.8) is 0 Å². The molecule has 1 saturated heterocycles. The molecule has 1 aliphatic heterocycles. The Hall–Kier alpha value is -0.870. The molecule has 0 saturated carbocycles. The summed E-state index contributed by atoms with van der Waals surface area (Å²) in [6.07, 6.45) is 4.31. The lowest BCUT2D eigenvalue weighted by atomic mass is 10.2. The molecule has 84 valence electrons. The third-order valence-corrected chi connectivity index (χ3v) is 2.99. The molecule has 4 heteroatoms. The fraction of sp³-hybridized carbons (Fsp3) is 0.727. The second-order valence-electron chi connectivity index (χ2n) is 4.20. The van der Waals surface area contributed by atoms with Crippen molar-refractivity contribution < 1.29 is 0 Å². The Labute approximate surface area is 91.1 Å². The largest absolute Gasteiger partial charge is 0.315 e. The number of rotatable bonds is 5. The molecule has 0 aromatic carbocycles. The van der Waals surface area contributed by atoms with Gasteiger partial charge in [-0.15, -0.1) is 0 Å². The summed E-state index contributed by atoms with van der Waals surface area (Å²) in [5, 5.41) is 10.5. The molecule has 1 unspecified atom stereocenters. The van der Waals surface area contributed by atoms with Crippen LogP contribution in [0.25, 0.3) is 0 Å². The van der Waals surface area contributed by atoms with Crippen LogP contribution in [0.1, 0.15) is 25.5 Å². The summed E-state index contributed by atoms with van der Waals surface area (Å²) in [6.45, 7) is 6.70. The summed E-state index contributed by atoms with van der Waals surface area (Å²) in [5.41, 5.74) is 1.22. The van der Waals surface area contributed by atoms with Crippen molar-refractivity contribution in [2.24, 2.45) is 0 Å². The molecule has 15 heavy (non-hydrogen) atoms. The van der Waals surface area contributed by atoms with E-state index in [1.807, 2.05) is 6.20 Å². The molecule has 0 spiro atoms.